The third-order valence-electron chi connectivity index (χ3n) is 13.5. The highest BCUT2D eigenvalue weighted by atomic mass is 16.7. The number of hydrogen-bond acceptors (Lipinski definition) is 9. The number of hydrogen-bond donors (Lipinski definition) is 4. The molecule has 11 nitrogen and oxygen atoms in total. The van der Waals surface area contributed by atoms with Gasteiger partial charge in [-0.15, -0.1) is 0 Å². The van der Waals surface area contributed by atoms with Crippen LogP contribution in [0.4, 0.5) is 5.69 Å². The minimum absolute atomic E-state index is 0.0192. The molecule has 1 heterocycles. The van der Waals surface area contributed by atoms with Crippen LogP contribution in [0.25, 0.3) is 11.1 Å². The van der Waals surface area contributed by atoms with Gasteiger partial charge in [0, 0.05) is 61.0 Å². The number of anilines is 1. The molecule has 3 aliphatic carbocycles. The number of nitrogens with zero attached hydrogens (tertiary/aromatic N) is 3. The number of allylic oxidation sites excluding steroid dienone is 3. The molecule has 0 radical (unpaired) electrons. The summed E-state index contributed by atoms with van der Waals surface area (Å²) in [7, 11) is 9.49. The lowest BCUT2D eigenvalue weighted by molar-refractivity contribution is -0.183. The standard InChI is InChI=1S/C49H73N5O6/c1-15-16-17-29(2)18-37(27-52(10)11)50-46(57)33-19-32(21-38(22-33)53(12)13)39-23-35(48(5,6)7)20-34(45(39)59-14)26-54-44(43(31(4)56)42(28-55)60-54)47(58)51-41-25-36-24-40(30(41)3)49(36,8)9/h15-17,19-23,30-31,36-37,40-44,55-56H,1-2,18,24-28H2,3-14H3,(H,50,57)(H,51,58)/t30-,31-,36+,37-,40-,41-,42-,43+,44-/m0/s1. The van der Waals surface area contributed by atoms with E-state index in [1.807, 2.05) is 62.3 Å². The maximum atomic E-state index is 14.5. The maximum Gasteiger partial charge on any atom is 0.251 e. The molecule has 6 rings (SSSR count). The van der Waals surface area contributed by atoms with Crippen LogP contribution in [0.1, 0.15) is 89.2 Å². The highest BCUT2D eigenvalue weighted by Crippen LogP contribution is 2.61. The Bertz CT molecular complexity index is 1910. The summed E-state index contributed by atoms with van der Waals surface area (Å²) in [6.45, 7) is 23.4. The largest absolute Gasteiger partial charge is 0.496 e. The Hall–Kier alpha value is -4.00. The average Bonchev–Trinajstić information content (AvgIpc) is 3.55. The molecule has 0 unspecified atom stereocenters. The summed E-state index contributed by atoms with van der Waals surface area (Å²) in [4.78, 5) is 39.1. The lowest BCUT2D eigenvalue weighted by Gasteiger charge is -2.62. The van der Waals surface area contributed by atoms with Crippen LogP contribution in [-0.2, 0) is 21.6 Å². The van der Waals surface area contributed by atoms with Gasteiger partial charge in [0.05, 0.1) is 26.4 Å². The number of nitrogens with one attached hydrogen (secondary N) is 2. The first-order chi connectivity index (χ1) is 28.1. The predicted molar refractivity (Wildman–Crippen MR) is 242 cm³/mol. The molecular formula is C49H73N5O6. The van der Waals surface area contributed by atoms with E-state index >= 15 is 0 Å². The Balaban J connectivity index is 1.55. The first-order valence-electron chi connectivity index (χ1n) is 21.6. The minimum Gasteiger partial charge on any atom is -0.496 e. The first-order valence-corrected chi connectivity index (χ1v) is 21.6. The first kappa shape index (κ1) is 47.1. The molecule has 0 spiro atoms. The zero-order valence-corrected chi connectivity index (χ0v) is 38.3. The van der Waals surface area contributed by atoms with E-state index in [1.54, 1.807) is 25.2 Å². The second-order valence-corrected chi connectivity index (χ2v) is 19.8. The van der Waals surface area contributed by atoms with Gasteiger partial charge >= 0.3 is 0 Å². The molecule has 0 aromatic heterocycles. The van der Waals surface area contributed by atoms with Crippen molar-refractivity contribution in [3.8, 4) is 16.9 Å². The van der Waals surface area contributed by atoms with Crippen molar-refractivity contribution >= 4 is 17.5 Å². The molecule has 4 fully saturated rings. The summed E-state index contributed by atoms with van der Waals surface area (Å²) in [5, 5.41) is 29.9. The van der Waals surface area contributed by atoms with E-state index in [4.69, 9.17) is 9.57 Å². The van der Waals surface area contributed by atoms with Gasteiger partial charge in [0.2, 0.25) is 5.91 Å². The zero-order chi connectivity index (χ0) is 44.4. The average molecular weight is 828 g/mol. The highest BCUT2D eigenvalue weighted by molar-refractivity contribution is 5.97. The summed E-state index contributed by atoms with van der Waals surface area (Å²) in [5.74, 6) is 0.916. The van der Waals surface area contributed by atoms with Crippen molar-refractivity contribution in [2.75, 3.05) is 53.4 Å². The maximum absolute atomic E-state index is 14.5. The van der Waals surface area contributed by atoms with Crippen LogP contribution in [0.15, 0.2) is 67.3 Å². The molecule has 60 heavy (non-hydrogen) atoms. The number of fused-ring (bicyclic) bond motifs is 2. The van der Waals surface area contributed by atoms with Crippen LogP contribution in [0.2, 0.25) is 0 Å². The van der Waals surface area contributed by atoms with Gasteiger partial charge in [0.1, 0.15) is 17.9 Å². The molecule has 4 aliphatic rings. The predicted octanol–water partition coefficient (Wildman–Crippen LogP) is 6.73. The fourth-order valence-corrected chi connectivity index (χ4v) is 9.96. The zero-order valence-electron chi connectivity index (χ0n) is 38.3. The highest BCUT2D eigenvalue weighted by Gasteiger charge is 2.57. The molecule has 2 amide bonds. The van der Waals surface area contributed by atoms with E-state index in [-0.39, 0.29) is 47.9 Å². The van der Waals surface area contributed by atoms with Gasteiger partial charge in [-0.3, -0.25) is 14.4 Å². The van der Waals surface area contributed by atoms with Gasteiger partial charge in [-0.1, -0.05) is 84.6 Å². The number of rotatable bonds is 17. The number of amides is 2. The van der Waals surface area contributed by atoms with Crippen molar-refractivity contribution in [1.82, 2.24) is 20.6 Å². The number of hydroxylamine groups is 2. The molecule has 9 atom stereocenters. The molecule has 1 saturated heterocycles. The molecule has 2 bridgehead atoms. The van der Waals surface area contributed by atoms with Crippen molar-refractivity contribution in [2.24, 2.45) is 29.1 Å². The molecule has 1 aliphatic heterocycles. The Kier molecular flexibility index (Phi) is 14.9. The fraction of sp³-hybridized carbons (Fsp3) is 0.592. The monoisotopic (exact) mass is 828 g/mol. The topological polar surface area (TPSA) is 127 Å². The van der Waals surface area contributed by atoms with E-state index < -0.39 is 24.2 Å². The summed E-state index contributed by atoms with van der Waals surface area (Å²) in [5.41, 5.74) is 5.57. The molecular weight excluding hydrogens is 755 g/mol. The number of aliphatic hydroxyl groups excluding tert-OH is 2. The van der Waals surface area contributed by atoms with E-state index in [0.717, 1.165) is 39.9 Å². The van der Waals surface area contributed by atoms with Crippen LogP contribution >= 0.6 is 0 Å². The van der Waals surface area contributed by atoms with E-state index in [2.05, 4.69) is 83.5 Å². The lowest BCUT2D eigenvalue weighted by Crippen LogP contribution is -2.62. The van der Waals surface area contributed by atoms with E-state index in [1.165, 1.54) is 6.42 Å². The smallest absolute Gasteiger partial charge is 0.251 e. The molecule has 2 aromatic rings. The van der Waals surface area contributed by atoms with Crippen molar-refractivity contribution in [3.63, 3.8) is 0 Å². The molecule has 330 valence electrons. The Morgan fingerprint density at radius 3 is 2.37 bits per heavy atom. The van der Waals surface area contributed by atoms with Gasteiger partial charge in [0.15, 0.2) is 0 Å². The molecule has 3 saturated carbocycles. The number of benzene rings is 2. The van der Waals surface area contributed by atoms with Crippen molar-refractivity contribution in [3.05, 3.63) is 84.0 Å². The van der Waals surface area contributed by atoms with Crippen LogP contribution < -0.4 is 20.3 Å². The summed E-state index contributed by atoms with van der Waals surface area (Å²) >= 11 is 0. The van der Waals surface area contributed by atoms with E-state index in [9.17, 15) is 19.8 Å². The quantitative estimate of drug-likeness (QED) is 0.129. The normalized spacial score (nSPS) is 26.0. The van der Waals surface area contributed by atoms with Gasteiger partial charge in [0.25, 0.3) is 5.91 Å². The van der Waals surface area contributed by atoms with Crippen molar-refractivity contribution < 1.29 is 29.4 Å². The van der Waals surface area contributed by atoms with Crippen LogP contribution in [0, 0.1) is 29.1 Å². The van der Waals surface area contributed by atoms with Crippen LogP contribution in [-0.4, -0.2) is 111 Å². The number of aliphatic hydroxyl groups is 2. The Morgan fingerprint density at radius 2 is 1.82 bits per heavy atom. The van der Waals surface area contributed by atoms with Gasteiger partial charge < -0.3 is 35.4 Å². The second kappa shape index (κ2) is 18.9. The third-order valence-corrected chi connectivity index (χ3v) is 13.5. The number of carbonyl (C=O) groups is 2. The Labute approximate surface area is 359 Å². The molecule has 11 heteroatoms. The van der Waals surface area contributed by atoms with E-state index in [0.29, 0.717) is 42.0 Å². The minimum atomic E-state index is -0.922. The molecule has 2 aromatic carbocycles. The van der Waals surface area contributed by atoms with Gasteiger partial charge in [-0.25, -0.2) is 0 Å². The van der Waals surface area contributed by atoms with Gasteiger partial charge in [-0.2, -0.15) is 5.06 Å². The number of methoxy groups -OCH3 is 1. The number of likely N-dealkylation sites (N-methyl/N-ethyl adjacent to an activating group) is 1. The second-order valence-electron chi connectivity index (χ2n) is 19.8. The molecule has 4 N–H and O–H groups in total. The SMILES string of the molecule is C=CC=CC(=C)C[C@@H](CN(C)C)NC(=O)c1cc(-c2cc(C(C)(C)C)cc(CN3O[C@@H](CO)[C@@H]([C@H](C)O)[C@H]3C(=O)N[C@H]3C[C@H]4C[C@@H]([C@@H]3C)C4(C)C)c2OC)cc(N(C)C)c1. The van der Waals surface area contributed by atoms with Crippen LogP contribution in [0.3, 0.4) is 0 Å². The summed E-state index contributed by atoms with van der Waals surface area (Å²) in [6.07, 6.45) is 6.45. The van der Waals surface area contributed by atoms with Gasteiger partial charge in [-0.05, 0) is 104 Å². The lowest BCUT2D eigenvalue weighted by atomic mass is 9.45. The van der Waals surface area contributed by atoms with Crippen molar-refractivity contribution in [1.29, 1.82) is 0 Å². The van der Waals surface area contributed by atoms with Crippen LogP contribution in [0.5, 0.6) is 5.75 Å². The summed E-state index contributed by atoms with van der Waals surface area (Å²) in [6, 6.07) is 9.02. The third kappa shape index (κ3) is 10.2. The fourth-order valence-electron chi connectivity index (χ4n) is 9.96. The summed E-state index contributed by atoms with van der Waals surface area (Å²) < 4.78 is 6.26. The van der Waals surface area contributed by atoms with Crippen molar-refractivity contribution in [2.45, 2.75) is 110 Å². The Morgan fingerprint density at radius 1 is 1.12 bits per heavy atom. The number of ether oxygens (including phenoxy) is 1. The number of carbonyl (C=O) groups excluding carboxylic acids is 2.